The molecule has 1 aliphatic rings. The second-order valence-electron chi connectivity index (χ2n) is 5.32. The lowest BCUT2D eigenvalue weighted by Gasteiger charge is -2.32. The van der Waals surface area contributed by atoms with Gasteiger partial charge in [-0.3, -0.25) is 0 Å². The van der Waals surface area contributed by atoms with Crippen molar-refractivity contribution in [1.82, 2.24) is 0 Å². The van der Waals surface area contributed by atoms with Crippen molar-refractivity contribution < 1.29 is 0 Å². The first-order valence-electron chi connectivity index (χ1n) is 6.29. The standard InChI is InChI=1S/C15H22/c1-12-8-9-15(10-13(12)2)11-14-6-4-3-5-7-14/h3-7,12-13,15H,8-11H2,1-2H3. The first kappa shape index (κ1) is 10.7. The summed E-state index contributed by atoms with van der Waals surface area (Å²) in [7, 11) is 0. The molecular weight excluding hydrogens is 180 g/mol. The van der Waals surface area contributed by atoms with Crippen LogP contribution in [0.1, 0.15) is 38.7 Å². The molecule has 1 aromatic rings. The maximum Gasteiger partial charge on any atom is -0.0250 e. The summed E-state index contributed by atoms with van der Waals surface area (Å²) in [5, 5.41) is 0. The summed E-state index contributed by atoms with van der Waals surface area (Å²) >= 11 is 0. The monoisotopic (exact) mass is 202 g/mol. The third kappa shape index (κ3) is 2.84. The van der Waals surface area contributed by atoms with Crippen LogP contribution in [0.2, 0.25) is 0 Å². The number of hydrogen-bond acceptors (Lipinski definition) is 0. The molecule has 82 valence electrons. The lowest BCUT2D eigenvalue weighted by Crippen LogP contribution is -2.22. The molecule has 0 N–H and O–H groups in total. The average molecular weight is 202 g/mol. The highest BCUT2D eigenvalue weighted by molar-refractivity contribution is 5.15. The lowest BCUT2D eigenvalue weighted by atomic mass is 9.74. The normalized spacial score (nSPS) is 31.5. The highest BCUT2D eigenvalue weighted by Gasteiger charge is 2.24. The maximum absolute atomic E-state index is 2.42. The Hall–Kier alpha value is -0.780. The second kappa shape index (κ2) is 4.83. The molecule has 1 aliphatic carbocycles. The molecule has 1 fully saturated rings. The van der Waals surface area contributed by atoms with E-state index in [4.69, 9.17) is 0 Å². The number of benzene rings is 1. The zero-order valence-electron chi connectivity index (χ0n) is 9.95. The van der Waals surface area contributed by atoms with Gasteiger partial charge in [-0.05, 0) is 42.6 Å². The van der Waals surface area contributed by atoms with Crippen molar-refractivity contribution in [3.8, 4) is 0 Å². The van der Waals surface area contributed by atoms with E-state index in [1.54, 1.807) is 0 Å². The maximum atomic E-state index is 2.42. The van der Waals surface area contributed by atoms with E-state index in [1.165, 1.54) is 31.2 Å². The van der Waals surface area contributed by atoms with Gasteiger partial charge in [0.05, 0.1) is 0 Å². The predicted molar refractivity (Wildman–Crippen MR) is 65.8 cm³/mol. The van der Waals surface area contributed by atoms with Gasteiger partial charge in [0, 0.05) is 0 Å². The highest BCUT2D eigenvalue weighted by Crippen LogP contribution is 2.34. The smallest absolute Gasteiger partial charge is 0.0250 e. The van der Waals surface area contributed by atoms with E-state index in [0.29, 0.717) is 0 Å². The van der Waals surface area contributed by atoms with Crippen LogP contribution in [-0.2, 0) is 6.42 Å². The average Bonchev–Trinajstić information content (AvgIpc) is 2.25. The Kier molecular flexibility index (Phi) is 3.45. The summed E-state index contributed by atoms with van der Waals surface area (Å²) in [5.41, 5.74) is 1.52. The van der Waals surface area contributed by atoms with Crippen LogP contribution < -0.4 is 0 Å². The molecule has 0 heteroatoms. The van der Waals surface area contributed by atoms with Gasteiger partial charge in [0.1, 0.15) is 0 Å². The molecule has 0 amide bonds. The summed E-state index contributed by atoms with van der Waals surface area (Å²) in [4.78, 5) is 0. The third-order valence-corrected chi connectivity index (χ3v) is 4.07. The quantitative estimate of drug-likeness (QED) is 0.670. The fraction of sp³-hybridized carbons (Fsp3) is 0.600. The predicted octanol–water partition coefficient (Wildman–Crippen LogP) is 4.30. The van der Waals surface area contributed by atoms with E-state index < -0.39 is 0 Å². The van der Waals surface area contributed by atoms with Crippen molar-refractivity contribution >= 4 is 0 Å². The summed E-state index contributed by atoms with van der Waals surface area (Å²) in [6.45, 7) is 4.82. The number of rotatable bonds is 2. The second-order valence-corrected chi connectivity index (χ2v) is 5.32. The van der Waals surface area contributed by atoms with Gasteiger partial charge in [-0.1, -0.05) is 50.6 Å². The van der Waals surface area contributed by atoms with Crippen molar-refractivity contribution in [1.29, 1.82) is 0 Å². The van der Waals surface area contributed by atoms with Crippen molar-refractivity contribution in [3.63, 3.8) is 0 Å². The molecule has 0 aliphatic heterocycles. The minimum Gasteiger partial charge on any atom is -0.0623 e. The van der Waals surface area contributed by atoms with Crippen LogP contribution in [0.4, 0.5) is 0 Å². The molecule has 0 saturated heterocycles. The van der Waals surface area contributed by atoms with Gasteiger partial charge in [-0.25, -0.2) is 0 Å². The van der Waals surface area contributed by atoms with E-state index >= 15 is 0 Å². The van der Waals surface area contributed by atoms with Crippen molar-refractivity contribution in [3.05, 3.63) is 35.9 Å². The van der Waals surface area contributed by atoms with Crippen molar-refractivity contribution in [2.45, 2.75) is 39.5 Å². The summed E-state index contributed by atoms with van der Waals surface area (Å²) in [6, 6.07) is 11.0. The Morgan fingerprint density at radius 3 is 2.40 bits per heavy atom. The minimum absolute atomic E-state index is 0.924. The Morgan fingerprint density at radius 2 is 1.73 bits per heavy atom. The van der Waals surface area contributed by atoms with Crippen LogP contribution >= 0.6 is 0 Å². The molecule has 15 heavy (non-hydrogen) atoms. The Balaban J connectivity index is 1.91. The van der Waals surface area contributed by atoms with Gasteiger partial charge in [-0.15, -0.1) is 0 Å². The van der Waals surface area contributed by atoms with E-state index in [1.807, 2.05) is 0 Å². The Labute approximate surface area is 93.7 Å². The summed E-state index contributed by atoms with van der Waals surface area (Å²) < 4.78 is 0. The van der Waals surface area contributed by atoms with Crippen LogP contribution in [0.25, 0.3) is 0 Å². The van der Waals surface area contributed by atoms with Gasteiger partial charge in [0.25, 0.3) is 0 Å². The highest BCUT2D eigenvalue weighted by atomic mass is 14.3. The van der Waals surface area contributed by atoms with Crippen molar-refractivity contribution in [2.75, 3.05) is 0 Å². The molecule has 3 atom stereocenters. The number of hydrogen-bond donors (Lipinski definition) is 0. The van der Waals surface area contributed by atoms with Gasteiger partial charge in [0.2, 0.25) is 0 Å². The van der Waals surface area contributed by atoms with E-state index in [9.17, 15) is 0 Å². The first-order chi connectivity index (χ1) is 7.25. The molecule has 0 radical (unpaired) electrons. The molecule has 3 unspecified atom stereocenters. The summed E-state index contributed by atoms with van der Waals surface area (Å²) in [5.74, 6) is 2.79. The first-order valence-corrected chi connectivity index (χ1v) is 6.29. The fourth-order valence-corrected chi connectivity index (χ4v) is 2.79. The SMILES string of the molecule is CC1CCC(Cc2ccccc2)CC1C. The van der Waals surface area contributed by atoms with Crippen LogP contribution in [0.15, 0.2) is 30.3 Å². The molecule has 0 bridgehead atoms. The molecule has 1 aromatic carbocycles. The zero-order valence-corrected chi connectivity index (χ0v) is 9.95. The van der Waals surface area contributed by atoms with Crippen molar-refractivity contribution in [2.24, 2.45) is 17.8 Å². The van der Waals surface area contributed by atoms with E-state index in [2.05, 4.69) is 44.2 Å². The fourth-order valence-electron chi connectivity index (χ4n) is 2.79. The third-order valence-electron chi connectivity index (χ3n) is 4.07. The molecule has 2 rings (SSSR count). The van der Waals surface area contributed by atoms with Crippen LogP contribution in [0, 0.1) is 17.8 Å². The van der Waals surface area contributed by atoms with Crippen LogP contribution in [-0.4, -0.2) is 0 Å². The minimum atomic E-state index is 0.924. The molecular formula is C15H22. The van der Waals surface area contributed by atoms with Gasteiger partial charge < -0.3 is 0 Å². The van der Waals surface area contributed by atoms with Crippen LogP contribution in [0.3, 0.4) is 0 Å². The van der Waals surface area contributed by atoms with E-state index in [0.717, 1.165) is 17.8 Å². The molecule has 0 nitrogen and oxygen atoms in total. The van der Waals surface area contributed by atoms with Crippen LogP contribution in [0.5, 0.6) is 0 Å². The van der Waals surface area contributed by atoms with Gasteiger partial charge in [-0.2, -0.15) is 0 Å². The molecule has 0 spiro atoms. The molecule has 0 heterocycles. The van der Waals surface area contributed by atoms with Gasteiger partial charge >= 0.3 is 0 Å². The molecule has 1 saturated carbocycles. The topological polar surface area (TPSA) is 0 Å². The summed E-state index contributed by atoms with van der Waals surface area (Å²) in [6.07, 6.45) is 5.58. The lowest BCUT2D eigenvalue weighted by molar-refractivity contribution is 0.208. The Morgan fingerprint density at radius 1 is 1.00 bits per heavy atom. The molecule has 0 aromatic heterocycles. The largest absolute Gasteiger partial charge is 0.0623 e. The van der Waals surface area contributed by atoms with Gasteiger partial charge in [0.15, 0.2) is 0 Å². The van der Waals surface area contributed by atoms with E-state index in [-0.39, 0.29) is 0 Å². The zero-order chi connectivity index (χ0) is 10.7. The Bertz CT molecular complexity index is 288.